The number of nitrogens with one attached hydrogen (secondary N) is 3. The summed E-state index contributed by atoms with van der Waals surface area (Å²) in [6, 6.07) is 15.0. The van der Waals surface area contributed by atoms with E-state index >= 15 is 0 Å². The molecule has 31 heavy (non-hydrogen) atoms. The fourth-order valence-electron chi connectivity index (χ4n) is 3.48. The fraction of sp³-hybridized carbons (Fsp3) is 0.400. The third kappa shape index (κ3) is 5.94. The summed E-state index contributed by atoms with van der Waals surface area (Å²) in [5, 5.41) is 5.73. The minimum atomic E-state index is -0.264. The summed E-state index contributed by atoms with van der Waals surface area (Å²) in [5.74, 6) is 0.590. The molecule has 0 aliphatic rings. The quantitative estimate of drug-likeness (QED) is 0.526. The van der Waals surface area contributed by atoms with Crippen molar-refractivity contribution < 1.29 is 9.59 Å². The van der Waals surface area contributed by atoms with E-state index in [2.05, 4.69) is 55.2 Å². The van der Waals surface area contributed by atoms with Gasteiger partial charge in [-0.15, -0.1) is 0 Å². The molecule has 0 bridgehead atoms. The standard InChI is InChI=1S/C25H32N4O2/c1-16(2)14-21(23-28-19-8-6-7-9-20(19)29-23)27-22(30)15-26-24(31)17-10-12-18(13-11-17)25(3,4)5/h6-13,16,21H,14-15H2,1-5H3,(H,26,31)(H,27,30)(H,28,29). The van der Waals surface area contributed by atoms with Crippen LogP contribution in [-0.2, 0) is 10.2 Å². The van der Waals surface area contributed by atoms with Crippen LogP contribution in [0, 0.1) is 5.92 Å². The van der Waals surface area contributed by atoms with Gasteiger partial charge in [0.25, 0.3) is 5.91 Å². The number of hydrogen-bond acceptors (Lipinski definition) is 3. The molecule has 0 aliphatic heterocycles. The number of fused-ring (bicyclic) bond motifs is 1. The van der Waals surface area contributed by atoms with E-state index in [1.165, 1.54) is 0 Å². The molecule has 3 aromatic rings. The number of carbonyl (C=O) groups is 2. The van der Waals surface area contributed by atoms with Gasteiger partial charge in [0.05, 0.1) is 23.6 Å². The fourth-order valence-corrected chi connectivity index (χ4v) is 3.48. The average molecular weight is 421 g/mol. The van der Waals surface area contributed by atoms with Gasteiger partial charge >= 0.3 is 0 Å². The molecule has 1 unspecified atom stereocenters. The first-order chi connectivity index (χ1) is 14.6. The van der Waals surface area contributed by atoms with Crippen molar-refractivity contribution in [3.8, 4) is 0 Å². The van der Waals surface area contributed by atoms with Crippen molar-refractivity contribution >= 4 is 22.8 Å². The van der Waals surface area contributed by atoms with Crippen LogP contribution in [0.4, 0.5) is 0 Å². The Labute approximate surface area is 183 Å². The molecule has 1 aromatic heterocycles. The number of imidazole rings is 1. The Morgan fingerprint density at radius 3 is 2.32 bits per heavy atom. The molecule has 0 saturated heterocycles. The Hall–Kier alpha value is -3.15. The van der Waals surface area contributed by atoms with E-state index < -0.39 is 0 Å². The molecule has 6 heteroatoms. The second kappa shape index (κ2) is 9.33. The maximum absolute atomic E-state index is 12.6. The molecule has 164 valence electrons. The SMILES string of the molecule is CC(C)CC(NC(=O)CNC(=O)c1ccc(C(C)(C)C)cc1)c1nc2ccccc2[nH]1. The first-order valence-electron chi connectivity index (χ1n) is 10.8. The highest BCUT2D eigenvalue weighted by atomic mass is 16.2. The number of rotatable bonds is 7. The van der Waals surface area contributed by atoms with Crippen LogP contribution in [0.2, 0.25) is 0 Å². The molecule has 3 rings (SSSR count). The molecule has 2 aromatic carbocycles. The van der Waals surface area contributed by atoms with E-state index in [1.807, 2.05) is 36.4 Å². The lowest BCUT2D eigenvalue weighted by Gasteiger charge is -2.19. The molecule has 0 saturated carbocycles. The van der Waals surface area contributed by atoms with E-state index in [0.717, 1.165) is 28.8 Å². The number of nitrogens with zero attached hydrogens (tertiary/aromatic N) is 1. The predicted molar refractivity (Wildman–Crippen MR) is 124 cm³/mol. The Balaban J connectivity index is 1.62. The molecule has 6 nitrogen and oxygen atoms in total. The maximum atomic E-state index is 12.6. The minimum Gasteiger partial charge on any atom is -0.345 e. The van der Waals surface area contributed by atoms with Gasteiger partial charge in [0, 0.05) is 5.56 Å². The van der Waals surface area contributed by atoms with E-state index in [1.54, 1.807) is 12.1 Å². The zero-order valence-electron chi connectivity index (χ0n) is 19.0. The molecular weight excluding hydrogens is 388 g/mol. The van der Waals surface area contributed by atoms with Crippen LogP contribution in [0.3, 0.4) is 0 Å². The van der Waals surface area contributed by atoms with Crippen molar-refractivity contribution in [2.75, 3.05) is 6.54 Å². The van der Waals surface area contributed by atoms with Gasteiger partial charge in [0.15, 0.2) is 0 Å². The highest BCUT2D eigenvalue weighted by Crippen LogP contribution is 2.23. The van der Waals surface area contributed by atoms with Crippen molar-refractivity contribution in [2.45, 2.75) is 52.5 Å². The van der Waals surface area contributed by atoms with Gasteiger partial charge in [-0.05, 0) is 47.6 Å². The number of aromatic nitrogens is 2. The molecule has 0 radical (unpaired) electrons. The van der Waals surface area contributed by atoms with Crippen LogP contribution >= 0.6 is 0 Å². The summed E-state index contributed by atoms with van der Waals surface area (Å²) < 4.78 is 0. The van der Waals surface area contributed by atoms with Crippen LogP contribution in [0.25, 0.3) is 11.0 Å². The van der Waals surface area contributed by atoms with Gasteiger partial charge in [0.2, 0.25) is 5.91 Å². The van der Waals surface area contributed by atoms with Gasteiger partial charge in [-0.2, -0.15) is 0 Å². The third-order valence-corrected chi connectivity index (χ3v) is 5.20. The largest absolute Gasteiger partial charge is 0.345 e. The first-order valence-corrected chi connectivity index (χ1v) is 10.8. The summed E-state index contributed by atoms with van der Waals surface area (Å²) in [5.41, 5.74) is 3.53. The van der Waals surface area contributed by atoms with Gasteiger partial charge < -0.3 is 15.6 Å². The molecule has 2 amide bonds. The summed E-state index contributed by atoms with van der Waals surface area (Å²) in [6.45, 7) is 10.5. The predicted octanol–water partition coefficient (Wildman–Crippen LogP) is 4.49. The maximum Gasteiger partial charge on any atom is 0.251 e. The van der Waals surface area contributed by atoms with E-state index in [9.17, 15) is 9.59 Å². The zero-order valence-corrected chi connectivity index (χ0v) is 19.0. The number of amides is 2. The van der Waals surface area contributed by atoms with E-state index in [0.29, 0.717) is 11.5 Å². The summed E-state index contributed by atoms with van der Waals surface area (Å²) in [7, 11) is 0. The molecule has 0 aliphatic carbocycles. The number of H-pyrrole nitrogens is 1. The van der Waals surface area contributed by atoms with Crippen molar-refractivity contribution in [1.29, 1.82) is 0 Å². The normalized spacial score (nSPS) is 12.7. The van der Waals surface area contributed by atoms with Crippen molar-refractivity contribution in [3.05, 3.63) is 65.5 Å². The van der Waals surface area contributed by atoms with Crippen LogP contribution < -0.4 is 10.6 Å². The molecule has 3 N–H and O–H groups in total. The van der Waals surface area contributed by atoms with Crippen LogP contribution in [0.1, 0.15) is 68.8 Å². The van der Waals surface area contributed by atoms with Gasteiger partial charge in [-0.1, -0.05) is 58.9 Å². The number of hydrogen-bond donors (Lipinski definition) is 3. The molecule has 0 spiro atoms. The number of carbonyl (C=O) groups excluding carboxylic acids is 2. The summed E-state index contributed by atoms with van der Waals surface area (Å²) >= 11 is 0. The lowest BCUT2D eigenvalue weighted by atomic mass is 9.87. The van der Waals surface area contributed by atoms with Crippen LogP contribution in [0.15, 0.2) is 48.5 Å². The van der Waals surface area contributed by atoms with Crippen LogP contribution in [-0.4, -0.2) is 28.3 Å². The lowest BCUT2D eigenvalue weighted by Crippen LogP contribution is -2.39. The second-order valence-corrected chi connectivity index (χ2v) is 9.40. The van der Waals surface area contributed by atoms with Gasteiger partial charge in [-0.3, -0.25) is 9.59 Å². The Morgan fingerprint density at radius 2 is 1.71 bits per heavy atom. The molecule has 1 heterocycles. The lowest BCUT2D eigenvalue weighted by molar-refractivity contribution is -0.121. The van der Waals surface area contributed by atoms with Gasteiger partial charge in [0.1, 0.15) is 5.82 Å². The van der Waals surface area contributed by atoms with E-state index in [-0.39, 0.29) is 29.8 Å². The zero-order chi connectivity index (χ0) is 22.6. The second-order valence-electron chi connectivity index (χ2n) is 9.40. The number of para-hydroxylation sites is 2. The molecular formula is C25H32N4O2. The van der Waals surface area contributed by atoms with Crippen molar-refractivity contribution in [2.24, 2.45) is 5.92 Å². The van der Waals surface area contributed by atoms with Crippen LogP contribution in [0.5, 0.6) is 0 Å². The Bertz CT molecular complexity index is 1010. The van der Waals surface area contributed by atoms with E-state index in [4.69, 9.17) is 0 Å². The third-order valence-electron chi connectivity index (χ3n) is 5.20. The summed E-state index contributed by atoms with van der Waals surface area (Å²) in [4.78, 5) is 33.0. The Morgan fingerprint density at radius 1 is 1.03 bits per heavy atom. The monoisotopic (exact) mass is 420 g/mol. The topological polar surface area (TPSA) is 86.9 Å². The minimum absolute atomic E-state index is 0.0248. The number of benzene rings is 2. The Kier molecular flexibility index (Phi) is 6.78. The smallest absolute Gasteiger partial charge is 0.251 e. The first kappa shape index (κ1) is 22.5. The highest BCUT2D eigenvalue weighted by molar-refractivity contribution is 5.96. The summed E-state index contributed by atoms with van der Waals surface area (Å²) in [6.07, 6.45) is 0.744. The average Bonchev–Trinajstić information content (AvgIpc) is 3.15. The van der Waals surface area contributed by atoms with Crippen molar-refractivity contribution in [3.63, 3.8) is 0 Å². The highest BCUT2D eigenvalue weighted by Gasteiger charge is 2.20. The number of aromatic amines is 1. The van der Waals surface area contributed by atoms with Gasteiger partial charge in [-0.25, -0.2) is 4.98 Å². The van der Waals surface area contributed by atoms with Crippen molar-refractivity contribution in [1.82, 2.24) is 20.6 Å². The molecule has 1 atom stereocenters. The molecule has 0 fully saturated rings.